The second kappa shape index (κ2) is 4.70. The molecule has 1 unspecified atom stereocenters. The summed E-state index contributed by atoms with van der Waals surface area (Å²) in [6, 6.07) is 7.92. The Morgan fingerprint density at radius 1 is 1.44 bits per heavy atom. The maximum Gasteiger partial charge on any atom is 0.138 e. The van der Waals surface area contributed by atoms with Crippen molar-refractivity contribution >= 4 is 6.29 Å². The molecular formula is C12H13N3O. The summed E-state index contributed by atoms with van der Waals surface area (Å²) in [7, 11) is 0. The van der Waals surface area contributed by atoms with Gasteiger partial charge in [-0.2, -0.15) is 5.10 Å². The lowest BCUT2D eigenvalue weighted by atomic mass is 9.97. The molecule has 2 aromatic rings. The molecule has 0 bridgehead atoms. The highest BCUT2D eigenvalue weighted by molar-refractivity contribution is 5.53. The van der Waals surface area contributed by atoms with Crippen LogP contribution in [-0.4, -0.2) is 21.1 Å². The normalized spacial score (nSPS) is 12.3. The van der Waals surface area contributed by atoms with E-state index in [4.69, 9.17) is 0 Å². The van der Waals surface area contributed by atoms with Crippen LogP contribution in [0.3, 0.4) is 0 Å². The number of aromatic nitrogens is 3. The quantitative estimate of drug-likeness (QED) is 0.732. The Morgan fingerprint density at radius 2 is 2.25 bits per heavy atom. The third kappa shape index (κ3) is 2.00. The van der Waals surface area contributed by atoms with Crippen LogP contribution >= 0.6 is 0 Å². The molecule has 1 heterocycles. The minimum atomic E-state index is 0.192. The van der Waals surface area contributed by atoms with Crippen LogP contribution in [0.2, 0.25) is 0 Å². The Bertz CT molecular complexity index is 465. The molecular weight excluding hydrogens is 202 g/mol. The summed E-state index contributed by atoms with van der Waals surface area (Å²) in [5.74, 6) is 0.192. The van der Waals surface area contributed by atoms with Crippen LogP contribution in [0.1, 0.15) is 24.8 Å². The molecule has 0 radical (unpaired) electrons. The fourth-order valence-electron chi connectivity index (χ4n) is 1.72. The molecule has 0 aliphatic heterocycles. The number of benzene rings is 1. The van der Waals surface area contributed by atoms with E-state index in [-0.39, 0.29) is 5.92 Å². The van der Waals surface area contributed by atoms with E-state index in [2.05, 4.69) is 10.1 Å². The standard InChI is InChI=1S/C12H13N3O/c1-10(6-7-16)11-4-2-3-5-12(11)15-9-13-8-14-15/h2-5,7-10H,6H2,1H3. The molecule has 4 heteroatoms. The van der Waals surface area contributed by atoms with E-state index < -0.39 is 0 Å². The molecule has 0 N–H and O–H groups in total. The Hall–Kier alpha value is -1.97. The van der Waals surface area contributed by atoms with Crippen molar-refractivity contribution in [3.8, 4) is 5.69 Å². The van der Waals surface area contributed by atoms with Gasteiger partial charge >= 0.3 is 0 Å². The van der Waals surface area contributed by atoms with Crippen LogP contribution in [0.25, 0.3) is 5.69 Å². The molecule has 0 amide bonds. The number of hydrogen-bond acceptors (Lipinski definition) is 3. The molecule has 0 spiro atoms. The molecule has 0 fully saturated rings. The summed E-state index contributed by atoms with van der Waals surface area (Å²) in [4.78, 5) is 14.5. The van der Waals surface area contributed by atoms with Crippen LogP contribution in [0.4, 0.5) is 0 Å². The SMILES string of the molecule is CC(CC=O)c1ccccc1-n1cncn1. The Kier molecular flexibility index (Phi) is 3.10. The lowest BCUT2D eigenvalue weighted by Gasteiger charge is -2.13. The molecule has 16 heavy (non-hydrogen) atoms. The van der Waals surface area contributed by atoms with Crippen LogP contribution in [-0.2, 0) is 4.79 Å². The second-order valence-corrected chi connectivity index (χ2v) is 3.70. The van der Waals surface area contributed by atoms with E-state index in [0.29, 0.717) is 6.42 Å². The molecule has 1 atom stereocenters. The van der Waals surface area contributed by atoms with Gasteiger partial charge in [-0.15, -0.1) is 0 Å². The van der Waals surface area contributed by atoms with E-state index >= 15 is 0 Å². The highest BCUT2D eigenvalue weighted by atomic mass is 16.1. The number of carbonyl (C=O) groups is 1. The first-order valence-electron chi connectivity index (χ1n) is 5.20. The van der Waals surface area contributed by atoms with Gasteiger partial charge < -0.3 is 4.79 Å². The summed E-state index contributed by atoms with van der Waals surface area (Å²) in [6.07, 6.45) is 4.63. The minimum Gasteiger partial charge on any atom is -0.303 e. The topological polar surface area (TPSA) is 47.8 Å². The van der Waals surface area contributed by atoms with Crippen molar-refractivity contribution in [3.05, 3.63) is 42.5 Å². The van der Waals surface area contributed by atoms with E-state index in [9.17, 15) is 4.79 Å². The van der Waals surface area contributed by atoms with Gasteiger partial charge in [0.15, 0.2) is 0 Å². The van der Waals surface area contributed by atoms with Gasteiger partial charge in [-0.25, -0.2) is 9.67 Å². The first-order valence-corrected chi connectivity index (χ1v) is 5.20. The predicted molar refractivity (Wildman–Crippen MR) is 60.5 cm³/mol. The molecule has 4 nitrogen and oxygen atoms in total. The summed E-state index contributed by atoms with van der Waals surface area (Å²) in [5, 5.41) is 4.11. The first-order chi connectivity index (χ1) is 7.83. The third-order valence-corrected chi connectivity index (χ3v) is 2.58. The Morgan fingerprint density at radius 3 is 2.94 bits per heavy atom. The van der Waals surface area contributed by atoms with Gasteiger partial charge in [0.2, 0.25) is 0 Å². The van der Waals surface area contributed by atoms with E-state index in [1.165, 1.54) is 6.33 Å². The molecule has 0 aliphatic rings. The van der Waals surface area contributed by atoms with Crippen molar-refractivity contribution in [1.82, 2.24) is 14.8 Å². The molecule has 1 aromatic carbocycles. The number of para-hydroxylation sites is 1. The zero-order chi connectivity index (χ0) is 11.4. The van der Waals surface area contributed by atoms with Gasteiger partial charge in [0.25, 0.3) is 0 Å². The molecule has 0 aliphatic carbocycles. The summed E-state index contributed by atoms with van der Waals surface area (Å²) in [6.45, 7) is 2.03. The fraction of sp³-hybridized carbons (Fsp3) is 0.250. The van der Waals surface area contributed by atoms with Crippen molar-refractivity contribution in [2.24, 2.45) is 0 Å². The maximum atomic E-state index is 10.6. The smallest absolute Gasteiger partial charge is 0.138 e. The minimum absolute atomic E-state index is 0.192. The van der Waals surface area contributed by atoms with Gasteiger partial charge in [0.1, 0.15) is 18.9 Å². The Balaban J connectivity index is 2.42. The second-order valence-electron chi connectivity index (χ2n) is 3.70. The largest absolute Gasteiger partial charge is 0.303 e. The van der Waals surface area contributed by atoms with Gasteiger partial charge in [-0.05, 0) is 17.5 Å². The van der Waals surface area contributed by atoms with E-state index in [1.54, 1.807) is 11.0 Å². The van der Waals surface area contributed by atoms with Crippen molar-refractivity contribution in [2.75, 3.05) is 0 Å². The molecule has 2 rings (SSSR count). The van der Waals surface area contributed by atoms with Gasteiger partial charge in [-0.1, -0.05) is 25.1 Å². The van der Waals surface area contributed by atoms with Crippen LogP contribution < -0.4 is 0 Å². The number of hydrogen-bond donors (Lipinski definition) is 0. The summed E-state index contributed by atoms with van der Waals surface area (Å²) in [5.41, 5.74) is 2.09. The van der Waals surface area contributed by atoms with Crippen LogP contribution in [0.5, 0.6) is 0 Å². The maximum absolute atomic E-state index is 10.6. The van der Waals surface area contributed by atoms with Crippen molar-refractivity contribution in [1.29, 1.82) is 0 Å². The predicted octanol–water partition coefficient (Wildman–Crippen LogP) is 1.96. The van der Waals surface area contributed by atoms with Crippen LogP contribution in [0, 0.1) is 0 Å². The molecule has 82 valence electrons. The van der Waals surface area contributed by atoms with E-state index in [0.717, 1.165) is 17.5 Å². The number of aldehydes is 1. The average Bonchev–Trinajstić information content (AvgIpc) is 2.83. The third-order valence-electron chi connectivity index (χ3n) is 2.58. The first kappa shape index (κ1) is 10.5. The van der Waals surface area contributed by atoms with Crippen LogP contribution in [0.15, 0.2) is 36.9 Å². The number of nitrogens with zero attached hydrogens (tertiary/aromatic N) is 3. The molecule has 1 aromatic heterocycles. The van der Waals surface area contributed by atoms with Gasteiger partial charge in [-0.3, -0.25) is 0 Å². The summed E-state index contributed by atoms with van der Waals surface area (Å²) < 4.78 is 1.72. The van der Waals surface area contributed by atoms with Crippen molar-refractivity contribution in [3.63, 3.8) is 0 Å². The average molecular weight is 215 g/mol. The highest BCUT2D eigenvalue weighted by Crippen LogP contribution is 2.24. The highest BCUT2D eigenvalue weighted by Gasteiger charge is 2.11. The molecule has 0 saturated carbocycles. The zero-order valence-corrected chi connectivity index (χ0v) is 9.08. The van der Waals surface area contributed by atoms with Gasteiger partial charge in [0.05, 0.1) is 5.69 Å². The lowest BCUT2D eigenvalue weighted by molar-refractivity contribution is -0.108. The summed E-state index contributed by atoms with van der Waals surface area (Å²) >= 11 is 0. The fourth-order valence-corrected chi connectivity index (χ4v) is 1.72. The molecule has 0 saturated heterocycles. The zero-order valence-electron chi connectivity index (χ0n) is 9.08. The van der Waals surface area contributed by atoms with Gasteiger partial charge in [0, 0.05) is 6.42 Å². The van der Waals surface area contributed by atoms with Crippen molar-refractivity contribution in [2.45, 2.75) is 19.3 Å². The van der Waals surface area contributed by atoms with Crippen molar-refractivity contribution < 1.29 is 4.79 Å². The number of carbonyl (C=O) groups excluding carboxylic acids is 1. The lowest BCUT2D eigenvalue weighted by Crippen LogP contribution is -2.03. The van der Waals surface area contributed by atoms with E-state index in [1.807, 2.05) is 31.2 Å². The number of rotatable bonds is 4. The monoisotopic (exact) mass is 215 g/mol. The Labute approximate surface area is 93.9 Å².